The van der Waals surface area contributed by atoms with E-state index >= 15 is 0 Å². The van der Waals surface area contributed by atoms with Gasteiger partial charge in [-0.15, -0.1) is 0 Å². The topological polar surface area (TPSA) is 44.4 Å². The molecular formula is C14H19ClFN3O. The minimum atomic E-state index is -0.348. The number of hydrogen-bond donors (Lipinski definition) is 2. The van der Waals surface area contributed by atoms with Crippen LogP contribution in [-0.4, -0.2) is 43.0 Å². The van der Waals surface area contributed by atoms with E-state index in [4.69, 9.17) is 11.6 Å². The van der Waals surface area contributed by atoms with Crippen molar-refractivity contribution < 1.29 is 9.18 Å². The molecule has 6 heteroatoms. The summed E-state index contributed by atoms with van der Waals surface area (Å²) in [5, 5.41) is 6.46. The summed E-state index contributed by atoms with van der Waals surface area (Å²) >= 11 is 6.05. The third-order valence-corrected chi connectivity index (χ3v) is 3.75. The maximum atomic E-state index is 13.1. The molecular weight excluding hydrogens is 281 g/mol. The second kappa shape index (κ2) is 7.02. The Morgan fingerprint density at radius 2 is 2.40 bits per heavy atom. The Bertz CT molecular complexity index is 483. The smallest absolute Gasteiger partial charge is 0.238 e. The van der Waals surface area contributed by atoms with Gasteiger partial charge in [0, 0.05) is 37.7 Å². The Hall–Kier alpha value is -1.17. The number of piperazine rings is 1. The summed E-state index contributed by atoms with van der Waals surface area (Å²) in [4.78, 5) is 14.1. The van der Waals surface area contributed by atoms with E-state index in [1.165, 1.54) is 12.1 Å². The average Bonchev–Trinajstić information content (AvgIpc) is 2.43. The Morgan fingerprint density at radius 3 is 3.10 bits per heavy atom. The fourth-order valence-corrected chi connectivity index (χ4v) is 2.58. The van der Waals surface area contributed by atoms with Gasteiger partial charge in [0.2, 0.25) is 5.91 Å². The van der Waals surface area contributed by atoms with Gasteiger partial charge in [0.05, 0.1) is 0 Å². The molecule has 0 radical (unpaired) electrons. The minimum Gasteiger partial charge on any atom is -0.355 e. The Balaban J connectivity index is 2.10. The van der Waals surface area contributed by atoms with E-state index in [2.05, 4.69) is 15.5 Å². The second-order valence-electron chi connectivity index (χ2n) is 4.82. The minimum absolute atomic E-state index is 0.0120. The van der Waals surface area contributed by atoms with Crippen molar-refractivity contribution in [2.45, 2.75) is 19.5 Å². The fourth-order valence-electron chi connectivity index (χ4n) is 2.35. The van der Waals surface area contributed by atoms with E-state index in [9.17, 15) is 9.18 Å². The van der Waals surface area contributed by atoms with Gasteiger partial charge in [-0.05, 0) is 24.6 Å². The molecule has 1 aliphatic rings. The van der Waals surface area contributed by atoms with Gasteiger partial charge in [0.1, 0.15) is 11.9 Å². The number of benzene rings is 1. The lowest BCUT2D eigenvalue weighted by molar-refractivity contribution is -0.127. The Labute approximate surface area is 123 Å². The third kappa shape index (κ3) is 3.69. The number of rotatable bonds is 4. The molecule has 2 N–H and O–H groups in total. The van der Waals surface area contributed by atoms with E-state index in [1.54, 1.807) is 6.07 Å². The quantitative estimate of drug-likeness (QED) is 0.883. The number of hydrogen-bond acceptors (Lipinski definition) is 3. The first kappa shape index (κ1) is 15.2. The molecule has 1 amide bonds. The van der Waals surface area contributed by atoms with Crippen LogP contribution in [0.5, 0.6) is 0 Å². The molecule has 1 atom stereocenters. The van der Waals surface area contributed by atoms with Crippen LogP contribution in [-0.2, 0) is 11.3 Å². The molecule has 0 aliphatic carbocycles. The third-order valence-electron chi connectivity index (χ3n) is 3.40. The van der Waals surface area contributed by atoms with Crippen LogP contribution in [0.15, 0.2) is 18.2 Å². The summed E-state index contributed by atoms with van der Waals surface area (Å²) in [6.07, 6.45) is 0. The van der Waals surface area contributed by atoms with Gasteiger partial charge in [0.25, 0.3) is 0 Å². The maximum absolute atomic E-state index is 13.1. The molecule has 0 bridgehead atoms. The van der Waals surface area contributed by atoms with Gasteiger partial charge in [0.15, 0.2) is 0 Å². The van der Waals surface area contributed by atoms with E-state index in [-0.39, 0.29) is 17.8 Å². The fraction of sp³-hybridized carbons (Fsp3) is 0.500. The van der Waals surface area contributed by atoms with Crippen molar-refractivity contribution >= 4 is 17.5 Å². The molecule has 4 nitrogen and oxygen atoms in total. The monoisotopic (exact) mass is 299 g/mol. The SMILES string of the molecule is CCNC(=O)C1CNCCN1Cc1ccc(F)cc1Cl. The van der Waals surface area contributed by atoms with Gasteiger partial charge in [-0.3, -0.25) is 9.69 Å². The van der Waals surface area contributed by atoms with Crippen LogP contribution in [0, 0.1) is 5.82 Å². The summed E-state index contributed by atoms with van der Waals surface area (Å²) < 4.78 is 13.1. The van der Waals surface area contributed by atoms with Crippen molar-refractivity contribution in [3.63, 3.8) is 0 Å². The summed E-state index contributed by atoms with van der Waals surface area (Å²) in [6.45, 7) is 5.26. The molecule has 110 valence electrons. The number of carbonyl (C=O) groups is 1. The highest BCUT2D eigenvalue weighted by atomic mass is 35.5. The number of nitrogens with zero attached hydrogens (tertiary/aromatic N) is 1. The van der Waals surface area contributed by atoms with Crippen molar-refractivity contribution in [1.82, 2.24) is 15.5 Å². The summed E-state index contributed by atoms with van der Waals surface area (Å²) in [6, 6.07) is 4.16. The molecule has 1 aromatic rings. The first-order valence-corrected chi connectivity index (χ1v) is 7.16. The largest absolute Gasteiger partial charge is 0.355 e. The Kier molecular flexibility index (Phi) is 5.34. The molecule has 0 aromatic heterocycles. The zero-order valence-corrected chi connectivity index (χ0v) is 12.2. The van der Waals surface area contributed by atoms with Crippen molar-refractivity contribution in [1.29, 1.82) is 0 Å². The average molecular weight is 300 g/mol. The van der Waals surface area contributed by atoms with Crippen molar-refractivity contribution in [2.24, 2.45) is 0 Å². The molecule has 0 spiro atoms. The van der Waals surface area contributed by atoms with Gasteiger partial charge in [-0.25, -0.2) is 4.39 Å². The molecule has 0 saturated carbocycles. The standard InChI is InChI=1S/C14H19ClFN3O/c1-2-18-14(20)13-8-17-5-6-19(13)9-10-3-4-11(16)7-12(10)15/h3-4,7,13,17H,2,5-6,8-9H2,1H3,(H,18,20). The highest BCUT2D eigenvalue weighted by molar-refractivity contribution is 6.31. The van der Waals surface area contributed by atoms with Crippen LogP contribution >= 0.6 is 11.6 Å². The Morgan fingerprint density at radius 1 is 1.60 bits per heavy atom. The molecule has 1 unspecified atom stereocenters. The van der Waals surface area contributed by atoms with Crippen LogP contribution in [0.2, 0.25) is 5.02 Å². The molecule has 1 fully saturated rings. The zero-order valence-electron chi connectivity index (χ0n) is 11.5. The summed E-state index contributed by atoms with van der Waals surface area (Å²) in [7, 11) is 0. The molecule has 1 saturated heterocycles. The first-order chi connectivity index (χ1) is 9.61. The van der Waals surface area contributed by atoms with Gasteiger partial charge < -0.3 is 10.6 Å². The van der Waals surface area contributed by atoms with Crippen molar-refractivity contribution in [3.8, 4) is 0 Å². The van der Waals surface area contributed by atoms with Gasteiger partial charge >= 0.3 is 0 Å². The summed E-state index contributed by atoms with van der Waals surface area (Å²) in [5.74, 6) is -0.336. The number of halogens is 2. The van der Waals surface area contributed by atoms with Crippen molar-refractivity contribution in [3.05, 3.63) is 34.6 Å². The van der Waals surface area contributed by atoms with Crippen LogP contribution in [0.3, 0.4) is 0 Å². The number of amides is 1. The van der Waals surface area contributed by atoms with Gasteiger partial charge in [-0.1, -0.05) is 17.7 Å². The molecule has 2 rings (SSSR count). The second-order valence-corrected chi connectivity index (χ2v) is 5.23. The van der Waals surface area contributed by atoms with Gasteiger partial charge in [-0.2, -0.15) is 0 Å². The number of carbonyl (C=O) groups excluding carboxylic acids is 1. The number of likely N-dealkylation sites (N-methyl/N-ethyl adjacent to an activating group) is 1. The van der Waals surface area contributed by atoms with Crippen LogP contribution < -0.4 is 10.6 Å². The highest BCUT2D eigenvalue weighted by Crippen LogP contribution is 2.20. The lowest BCUT2D eigenvalue weighted by atomic mass is 10.1. The first-order valence-electron chi connectivity index (χ1n) is 6.78. The van der Waals surface area contributed by atoms with Crippen molar-refractivity contribution in [2.75, 3.05) is 26.2 Å². The normalized spacial score (nSPS) is 19.9. The number of nitrogens with one attached hydrogen (secondary N) is 2. The predicted octanol–water partition coefficient (Wildman–Crippen LogP) is 1.39. The maximum Gasteiger partial charge on any atom is 0.238 e. The van der Waals surface area contributed by atoms with Crippen LogP contribution in [0.1, 0.15) is 12.5 Å². The molecule has 1 aliphatic heterocycles. The molecule has 20 heavy (non-hydrogen) atoms. The van der Waals surface area contributed by atoms with E-state index in [0.717, 1.165) is 18.7 Å². The van der Waals surface area contributed by atoms with E-state index < -0.39 is 0 Å². The van der Waals surface area contributed by atoms with Crippen LogP contribution in [0.4, 0.5) is 4.39 Å². The highest BCUT2D eigenvalue weighted by Gasteiger charge is 2.28. The molecule has 1 heterocycles. The van der Waals surface area contributed by atoms with E-state index in [0.29, 0.717) is 24.7 Å². The molecule has 1 aromatic carbocycles. The summed E-state index contributed by atoms with van der Waals surface area (Å²) in [5.41, 5.74) is 0.837. The van der Waals surface area contributed by atoms with E-state index in [1.807, 2.05) is 6.92 Å². The lowest BCUT2D eigenvalue weighted by Crippen LogP contribution is -2.57. The zero-order chi connectivity index (χ0) is 14.5. The lowest BCUT2D eigenvalue weighted by Gasteiger charge is -2.35. The predicted molar refractivity (Wildman–Crippen MR) is 77.2 cm³/mol. The van der Waals surface area contributed by atoms with Crippen LogP contribution in [0.25, 0.3) is 0 Å².